The highest BCUT2D eigenvalue weighted by molar-refractivity contribution is 5.92. The number of aliphatic carboxylic acids is 1. The van der Waals surface area contributed by atoms with E-state index in [-0.39, 0.29) is 22.6 Å². The summed E-state index contributed by atoms with van der Waals surface area (Å²) in [4.78, 5) is 10.7. The van der Waals surface area contributed by atoms with E-state index < -0.39 is 11.8 Å². The van der Waals surface area contributed by atoms with Gasteiger partial charge in [-0.1, -0.05) is 0 Å². The van der Waals surface area contributed by atoms with Gasteiger partial charge >= 0.3 is 5.97 Å². The summed E-state index contributed by atoms with van der Waals surface area (Å²) in [7, 11) is 0. The molecule has 0 spiro atoms. The van der Waals surface area contributed by atoms with Crippen molar-refractivity contribution in [2.24, 2.45) is 0 Å². The van der Waals surface area contributed by atoms with Gasteiger partial charge in [-0.3, -0.25) is 0 Å². The summed E-state index contributed by atoms with van der Waals surface area (Å²) in [5.41, 5.74) is 0.0306. The lowest BCUT2D eigenvalue weighted by Gasteiger charge is -2.04. The summed E-state index contributed by atoms with van der Waals surface area (Å²) in [5, 5.41) is 18.3. The van der Waals surface area contributed by atoms with Crippen molar-refractivity contribution in [3.63, 3.8) is 0 Å². The first-order valence-corrected chi connectivity index (χ1v) is 4.38. The van der Waals surface area contributed by atoms with Crippen molar-refractivity contribution in [2.45, 2.75) is 0 Å². The number of carboxylic acid groups (broad SMARTS) is 1. The number of ether oxygens (including phenoxy) is 1. The first kappa shape index (κ1) is 10.2. The Bertz CT molecular complexity index is 517. The van der Waals surface area contributed by atoms with Crippen molar-refractivity contribution in [1.82, 2.24) is 0 Å². The largest absolute Gasteiger partial charge is 0.507 e. The molecule has 1 aliphatic rings. The van der Waals surface area contributed by atoms with Crippen molar-refractivity contribution in [1.29, 1.82) is 0 Å². The number of carbonyl (C=O) groups is 1. The third-order valence-corrected chi connectivity index (χ3v) is 2.07. The summed E-state index contributed by atoms with van der Waals surface area (Å²) in [5.74, 6) is -1.97. The first-order valence-electron chi connectivity index (χ1n) is 4.38. The van der Waals surface area contributed by atoms with E-state index >= 15 is 0 Å². The molecule has 1 aliphatic heterocycles. The molecule has 0 amide bonds. The molecule has 2 rings (SSSR count). The Labute approximate surface area is 89.9 Å². The fourth-order valence-electron chi connectivity index (χ4n) is 1.30. The zero-order valence-electron chi connectivity index (χ0n) is 7.98. The molecule has 82 valence electrons. The highest BCUT2D eigenvalue weighted by Gasteiger charge is 2.16. The number of carboxylic acids is 1. The molecule has 0 saturated heterocycles. The van der Waals surface area contributed by atoms with Crippen molar-refractivity contribution >= 4 is 11.7 Å². The molecule has 5 heteroatoms. The average molecular weight is 222 g/mol. The normalized spacial score (nSPS) is 14.1. The van der Waals surface area contributed by atoms with Gasteiger partial charge in [-0.05, 0) is 18.2 Å². The van der Waals surface area contributed by atoms with Gasteiger partial charge in [-0.25, -0.2) is 9.18 Å². The van der Waals surface area contributed by atoms with Gasteiger partial charge in [0.1, 0.15) is 23.6 Å². The van der Waals surface area contributed by atoms with E-state index in [4.69, 9.17) is 9.84 Å². The quantitative estimate of drug-likeness (QED) is 0.763. The Morgan fingerprint density at radius 1 is 1.38 bits per heavy atom. The minimum absolute atomic E-state index is 0.0741. The molecule has 1 aromatic carbocycles. The molecular weight excluding hydrogens is 215 g/mol. The summed E-state index contributed by atoms with van der Waals surface area (Å²) < 4.78 is 17.9. The van der Waals surface area contributed by atoms with Crippen LogP contribution in [-0.2, 0) is 4.79 Å². The topological polar surface area (TPSA) is 66.8 Å². The maximum atomic E-state index is 12.9. The van der Waals surface area contributed by atoms with E-state index in [0.29, 0.717) is 0 Å². The van der Waals surface area contributed by atoms with E-state index in [1.807, 2.05) is 0 Å². The monoisotopic (exact) mass is 222 g/mol. The summed E-state index contributed by atoms with van der Waals surface area (Å²) in [6.07, 6.45) is 2.00. The molecule has 16 heavy (non-hydrogen) atoms. The number of hydrogen-bond acceptors (Lipinski definition) is 3. The highest BCUT2D eigenvalue weighted by atomic mass is 19.1. The minimum Gasteiger partial charge on any atom is -0.507 e. The zero-order valence-corrected chi connectivity index (χ0v) is 7.98. The maximum Gasteiger partial charge on any atom is 0.338 e. The number of aliphatic hydroxyl groups excluding tert-OH is 1. The predicted octanol–water partition coefficient (Wildman–Crippen LogP) is 2.09. The molecule has 0 radical (unpaired) electrons. The fourth-order valence-corrected chi connectivity index (χ4v) is 1.30. The van der Waals surface area contributed by atoms with Crippen LogP contribution in [-0.4, -0.2) is 16.2 Å². The number of aliphatic hydroxyl groups is 1. The van der Waals surface area contributed by atoms with Crippen LogP contribution in [0.1, 0.15) is 5.56 Å². The number of rotatable bonds is 1. The van der Waals surface area contributed by atoms with Crippen LogP contribution in [0.25, 0.3) is 5.76 Å². The van der Waals surface area contributed by atoms with Gasteiger partial charge in [0.15, 0.2) is 0 Å². The predicted molar refractivity (Wildman–Crippen MR) is 53.4 cm³/mol. The van der Waals surface area contributed by atoms with Crippen LogP contribution in [0.5, 0.6) is 5.75 Å². The van der Waals surface area contributed by atoms with Crippen molar-refractivity contribution < 1.29 is 24.1 Å². The molecule has 0 aliphatic carbocycles. The lowest BCUT2D eigenvalue weighted by molar-refractivity contribution is -0.132. The second-order valence-electron chi connectivity index (χ2n) is 3.17. The number of hydrogen-bond donors (Lipinski definition) is 2. The maximum absolute atomic E-state index is 12.9. The van der Waals surface area contributed by atoms with E-state index in [1.54, 1.807) is 0 Å². The third-order valence-electron chi connectivity index (χ3n) is 2.07. The average Bonchev–Trinajstić information content (AvgIpc) is 2.38. The molecule has 2 N–H and O–H groups in total. The van der Waals surface area contributed by atoms with Gasteiger partial charge < -0.3 is 14.9 Å². The SMILES string of the molecule is O=C(O)C1=COc2cc(F)ccc2C(O)=C1. The highest BCUT2D eigenvalue weighted by Crippen LogP contribution is 2.29. The zero-order chi connectivity index (χ0) is 11.7. The van der Waals surface area contributed by atoms with E-state index in [9.17, 15) is 14.3 Å². The van der Waals surface area contributed by atoms with Crippen LogP contribution in [0.15, 0.2) is 36.1 Å². The molecule has 0 atom stereocenters. The Balaban J connectivity index is 2.53. The molecular formula is C11H7FO4. The van der Waals surface area contributed by atoms with Crippen LogP contribution >= 0.6 is 0 Å². The van der Waals surface area contributed by atoms with Crippen LogP contribution in [0.2, 0.25) is 0 Å². The summed E-state index contributed by atoms with van der Waals surface area (Å²) in [6, 6.07) is 3.54. The number of benzene rings is 1. The Morgan fingerprint density at radius 3 is 2.81 bits per heavy atom. The van der Waals surface area contributed by atoms with Gasteiger partial charge in [-0.15, -0.1) is 0 Å². The van der Waals surface area contributed by atoms with E-state index in [1.165, 1.54) is 6.07 Å². The van der Waals surface area contributed by atoms with Gasteiger partial charge in [0, 0.05) is 6.07 Å². The summed E-state index contributed by atoms with van der Waals surface area (Å²) in [6.45, 7) is 0. The second-order valence-corrected chi connectivity index (χ2v) is 3.17. The Hall–Kier alpha value is -2.30. The van der Waals surface area contributed by atoms with Crippen molar-refractivity contribution in [3.05, 3.63) is 47.5 Å². The smallest absolute Gasteiger partial charge is 0.338 e. The molecule has 4 nitrogen and oxygen atoms in total. The standard InChI is InChI=1S/C11H7FO4/c12-7-1-2-8-9(13)3-6(11(14)15)5-16-10(8)4-7/h1-5,13H,(H,14,15). The Morgan fingerprint density at radius 2 is 2.12 bits per heavy atom. The third kappa shape index (κ3) is 1.75. The lowest BCUT2D eigenvalue weighted by Crippen LogP contribution is -1.98. The van der Waals surface area contributed by atoms with Gasteiger partial charge in [-0.2, -0.15) is 0 Å². The second kappa shape index (κ2) is 3.69. The molecule has 0 aromatic heterocycles. The fraction of sp³-hybridized carbons (Fsp3) is 0. The first-order chi connectivity index (χ1) is 7.58. The Kier molecular flexibility index (Phi) is 2.36. The number of fused-ring (bicyclic) bond motifs is 1. The van der Waals surface area contributed by atoms with Crippen molar-refractivity contribution in [2.75, 3.05) is 0 Å². The van der Waals surface area contributed by atoms with Gasteiger partial charge in [0.25, 0.3) is 0 Å². The molecule has 1 heterocycles. The van der Waals surface area contributed by atoms with Gasteiger partial charge in [0.05, 0.1) is 11.1 Å². The molecule has 0 unspecified atom stereocenters. The molecule has 0 saturated carbocycles. The van der Waals surface area contributed by atoms with Gasteiger partial charge in [0.2, 0.25) is 0 Å². The van der Waals surface area contributed by atoms with Crippen LogP contribution in [0, 0.1) is 5.82 Å². The summed E-state index contributed by atoms with van der Waals surface area (Å²) >= 11 is 0. The van der Waals surface area contributed by atoms with Crippen LogP contribution in [0.4, 0.5) is 4.39 Å². The van der Waals surface area contributed by atoms with E-state index in [2.05, 4.69) is 0 Å². The van der Waals surface area contributed by atoms with Crippen molar-refractivity contribution in [3.8, 4) is 5.75 Å². The number of halogens is 1. The van der Waals surface area contributed by atoms with Crippen LogP contribution in [0.3, 0.4) is 0 Å². The van der Waals surface area contributed by atoms with Crippen LogP contribution < -0.4 is 4.74 Å². The minimum atomic E-state index is -1.24. The molecule has 0 fully saturated rings. The molecule has 1 aromatic rings. The lowest BCUT2D eigenvalue weighted by atomic mass is 10.1. The van der Waals surface area contributed by atoms with E-state index in [0.717, 1.165) is 24.5 Å². The molecule has 0 bridgehead atoms.